The number of pyridine rings is 1. The van der Waals surface area contributed by atoms with Gasteiger partial charge in [-0.25, -0.2) is 4.98 Å². The number of carbonyl (C=O) groups is 1. The number of rotatable bonds is 2. The number of ether oxygens (including phenoxy) is 1. The lowest BCUT2D eigenvalue weighted by Crippen LogP contribution is -2.39. The molecule has 0 bridgehead atoms. The molecule has 1 atom stereocenters. The van der Waals surface area contributed by atoms with E-state index < -0.39 is 0 Å². The Morgan fingerprint density at radius 3 is 3.17 bits per heavy atom. The summed E-state index contributed by atoms with van der Waals surface area (Å²) < 4.78 is 4.78. The second-order valence-electron chi connectivity index (χ2n) is 4.30. The molecule has 0 N–H and O–H groups in total. The van der Waals surface area contributed by atoms with Crippen LogP contribution in [0, 0.1) is 17.2 Å². The van der Waals surface area contributed by atoms with Gasteiger partial charge in [0.05, 0.1) is 13.0 Å². The van der Waals surface area contributed by atoms with Crippen LogP contribution in [0.2, 0.25) is 0 Å². The van der Waals surface area contributed by atoms with Crippen molar-refractivity contribution in [3.63, 3.8) is 0 Å². The van der Waals surface area contributed by atoms with Gasteiger partial charge in [0, 0.05) is 13.1 Å². The lowest BCUT2D eigenvalue weighted by molar-refractivity contribution is -0.145. The van der Waals surface area contributed by atoms with E-state index in [1.807, 2.05) is 23.1 Å². The van der Waals surface area contributed by atoms with E-state index in [1.165, 1.54) is 7.11 Å². The fraction of sp³-hybridized carbons (Fsp3) is 0.462. The van der Waals surface area contributed by atoms with E-state index in [0.717, 1.165) is 25.2 Å². The SMILES string of the molecule is COC(=O)C1CCCN(c2cccc(C#N)n2)C1. The first-order valence-corrected chi connectivity index (χ1v) is 5.94. The Labute approximate surface area is 106 Å². The first-order valence-electron chi connectivity index (χ1n) is 5.94. The minimum absolute atomic E-state index is 0.101. The van der Waals surface area contributed by atoms with Crippen molar-refractivity contribution < 1.29 is 9.53 Å². The van der Waals surface area contributed by atoms with Crippen LogP contribution in [0.25, 0.3) is 0 Å². The van der Waals surface area contributed by atoms with Crippen molar-refractivity contribution in [1.82, 2.24) is 4.98 Å². The van der Waals surface area contributed by atoms with Gasteiger partial charge in [-0.3, -0.25) is 4.79 Å². The third kappa shape index (κ3) is 2.59. The maximum Gasteiger partial charge on any atom is 0.310 e. The van der Waals surface area contributed by atoms with Gasteiger partial charge in [0.15, 0.2) is 0 Å². The van der Waals surface area contributed by atoms with Crippen LogP contribution < -0.4 is 4.90 Å². The largest absolute Gasteiger partial charge is 0.469 e. The summed E-state index contributed by atoms with van der Waals surface area (Å²) in [4.78, 5) is 17.8. The van der Waals surface area contributed by atoms with Crippen molar-refractivity contribution in [2.75, 3.05) is 25.1 Å². The standard InChI is InChI=1S/C13H15N3O2/c1-18-13(17)10-4-3-7-16(9-10)12-6-2-5-11(8-14)15-12/h2,5-6,10H,3-4,7,9H2,1H3. The summed E-state index contributed by atoms with van der Waals surface area (Å²) in [5.41, 5.74) is 0.396. The molecular weight excluding hydrogens is 230 g/mol. The van der Waals surface area contributed by atoms with Gasteiger partial charge in [0.1, 0.15) is 17.6 Å². The molecule has 94 valence electrons. The minimum Gasteiger partial charge on any atom is -0.469 e. The van der Waals surface area contributed by atoms with Gasteiger partial charge in [-0.05, 0) is 25.0 Å². The number of esters is 1. The van der Waals surface area contributed by atoms with E-state index in [1.54, 1.807) is 6.07 Å². The van der Waals surface area contributed by atoms with Gasteiger partial charge >= 0.3 is 5.97 Å². The second kappa shape index (κ2) is 5.50. The Kier molecular flexibility index (Phi) is 3.78. The number of hydrogen-bond acceptors (Lipinski definition) is 5. The molecule has 5 heteroatoms. The Hall–Kier alpha value is -2.09. The minimum atomic E-state index is -0.170. The predicted molar refractivity (Wildman–Crippen MR) is 65.9 cm³/mol. The summed E-state index contributed by atoms with van der Waals surface area (Å²) in [7, 11) is 1.41. The van der Waals surface area contributed by atoms with E-state index in [2.05, 4.69) is 4.98 Å². The summed E-state index contributed by atoms with van der Waals surface area (Å²) >= 11 is 0. The van der Waals surface area contributed by atoms with Crippen molar-refractivity contribution in [3.05, 3.63) is 23.9 Å². The smallest absolute Gasteiger partial charge is 0.310 e. The molecule has 1 saturated heterocycles. The van der Waals surface area contributed by atoms with E-state index in [0.29, 0.717) is 12.2 Å². The number of carbonyl (C=O) groups excluding carboxylic acids is 1. The summed E-state index contributed by atoms with van der Waals surface area (Å²) in [6.45, 7) is 1.46. The normalized spacial score (nSPS) is 19.1. The number of nitriles is 1. The molecule has 2 rings (SSSR count). The first kappa shape index (κ1) is 12.4. The molecule has 0 aliphatic carbocycles. The van der Waals surface area contributed by atoms with Crippen molar-refractivity contribution in [2.24, 2.45) is 5.92 Å². The van der Waals surface area contributed by atoms with Crippen LogP contribution in [0.4, 0.5) is 5.82 Å². The van der Waals surface area contributed by atoms with Crippen LogP contribution in [0.5, 0.6) is 0 Å². The number of nitrogens with zero attached hydrogens (tertiary/aromatic N) is 3. The first-order chi connectivity index (χ1) is 8.74. The van der Waals surface area contributed by atoms with Gasteiger partial charge in [0.2, 0.25) is 0 Å². The lowest BCUT2D eigenvalue weighted by atomic mass is 9.98. The van der Waals surface area contributed by atoms with Crippen LogP contribution in [-0.4, -0.2) is 31.2 Å². The fourth-order valence-electron chi connectivity index (χ4n) is 2.21. The molecule has 1 aliphatic heterocycles. The number of aromatic nitrogens is 1. The number of anilines is 1. The van der Waals surface area contributed by atoms with Crippen molar-refractivity contribution in [3.8, 4) is 6.07 Å². The third-order valence-electron chi connectivity index (χ3n) is 3.13. The van der Waals surface area contributed by atoms with Crippen LogP contribution in [0.3, 0.4) is 0 Å². The van der Waals surface area contributed by atoms with E-state index in [4.69, 9.17) is 10.00 Å². The highest BCUT2D eigenvalue weighted by molar-refractivity contribution is 5.73. The molecule has 1 aromatic heterocycles. The molecule has 0 aromatic carbocycles. The highest BCUT2D eigenvalue weighted by Crippen LogP contribution is 2.22. The van der Waals surface area contributed by atoms with Gasteiger partial charge in [-0.15, -0.1) is 0 Å². The van der Waals surface area contributed by atoms with E-state index in [-0.39, 0.29) is 11.9 Å². The zero-order valence-corrected chi connectivity index (χ0v) is 10.3. The predicted octanol–water partition coefficient (Wildman–Crippen LogP) is 1.34. The molecule has 5 nitrogen and oxygen atoms in total. The highest BCUT2D eigenvalue weighted by atomic mass is 16.5. The molecule has 18 heavy (non-hydrogen) atoms. The van der Waals surface area contributed by atoms with Gasteiger partial charge < -0.3 is 9.64 Å². The lowest BCUT2D eigenvalue weighted by Gasteiger charge is -2.32. The molecule has 0 spiro atoms. The number of methoxy groups -OCH3 is 1. The third-order valence-corrected chi connectivity index (χ3v) is 3.13. The van der Waals surface area contributed by atoms with Gasteiger partial charge in [-0.1, -0.05) is 6.07 Å². The molecule has 0 saturated carbocycles. The zero-order valence-electron chi connectivity index (χ0n) is 10.3. The molecular formula is C13H15N3O2. The van der Waals surface area contributed by atoms with Crippen LogP contribution in [-0.2, 0) is 9.53 Å². The van der Waals surface area contributed by atoms with Crippen molar-refractivity contribution >= 4 is 11.8 Å². The Morgan fingerprint density at radius 1 is 1.61 bits per heavy atom. The second-order valence-corrected chi connectivity index (χ2v) is 4.30. The summed E-state index contributed by atoms with van der Waals surface area (Å²) in [6, 6.07) is 7.36. The monoisotopic (exact) mass is 245 g/mol. The van der Waals surface area contributed by atoms with Crippen molar-refractivity contribution in [2.45, 2.75) is 12.8 Å². The van der Waals surface area contributed by atoms with Gasteiger partial charge in [-0.2, -0.15) is 5.26 Å². The number of piperidine rings is 1. The molecule has 1 aromatic rings. The summed E-state index contributed by atoms with van der Waals surface area (Å²) in [6.07, 6.45) is 1.78. The zero-order chi connectivity index (χ0) is 13.0. The molecule has 2 heterocycles. The fourth-order valence-corrected chi connectivity index (χ4v) is 2.21. The van der Waals surface area contributed by atoms with Crippen molar-refractivity contribution in [1.29, 1.82) is 5.26 Å². The summed E-state index contributed by atoms with van der Waals surface area (Å²) in [5.74, 6) is 0.482. The Bertz CT molecular complexity index is 481. The highest BCUT2D eigenvalue weighted by Gasteiger charge is 2.27. The van der Waals surface area contributed by atoms with Crippen LogP contribution in [0.1, 0.15) is 18.5 Å². The summed E-state index contributed by atoms with van der Waals surface area (Å²) in [5, 5.41) is 8.83. The van der Waals surface area contributed by atoms with Crippen LogP contribution in [0.15, 0.2) is 18.2 Å². The quantitative estimate of drug-likeness (QED) is 0.736. The number of hydrogen-bond donors (Lipinski definition) is 0. The van der Waals surface area contributed by atoms with E-state index in [9.17, 15) is 4.79 Å². The molecule has 0 radical (unpaired) electrons. The molecule has 1 aliphatic rings. The van der Waals surface area contributed by atoms with Gasteiger partial charge in [0.25, 0.3) is 0 Å². The molecule has 0 amide bonds. The Balaban J connectivity index is 2.13. The molecule has 1 unspecified atom stereocenters. The van der Waals surface area contributed by atoms with Crippen LogP contribution >= 0.6 is 0 Å². The molecule has 1 fully saturated rings. The maximum atomic E-state index is 11.5. The average molecular weight is 245 g/mol. The van der Waals surface area contributed by atoms with E-state index >= 15 is 0 Å². The average Bonchev–Trinajstić information content (AvgIpc) is 2.46. The Morgan fingerprint density at radius 2 is 2.44 bits per heavy atom. The topological polar surface area (TPSA) is 66.2 Å². The maximum absolute atomic E-state index is 11.5.